The monoisotopic (exact) mass is 201 g/mol. The van der Waals surface area contributed by atoms with Gasteiger partial charge in [-0.25, -0.2) is 0 Å². The minimum atomic E-state index is 0.957. The van der Waals surface area contributed by atoms with Gasteiger partial charge in [-0.15, -0.1) is 0 Å². The molecule has 1 aliphatic carbocycles. The summed E-state index contributed by atoms with van der Waals surface area (Å²) in [7, 11) is 0. The van der Waals surface area contributed by atoms with Gasteiger partial charge >= 0.3 is 0 Å². The van der Waals surface area contributed by atoms with Gasteiger partial charge in [0.15, 0.2) is 0 Å². The molecule has 81 valence electrons. The van der Waals surface area contributed by atoms with E-state index < -0.39 is 0 Å². The lowest BCUT2D eigenvalue weighted by Crippen LogP contribution is -2.06. The number of rotatable bonds is 3. The molecule has 0 nitrogen and oxygen atoms in total. The second-order valence-corrected chi connectivity index (χ2v) is 4.80. The van der Waals surface area contributed by atoms with E-state index in [2.05, 4.69) is 37.6 Å². The molecule has 15 heavy (non-hydrogen) atoms. The fourth-order valence-electron chi connectivity index (χ4n) is 2.53. The van der Waals surface area contributed by atoms with Gasteiger partial charge in [-0.3, -0.25) is 0 Å². The molecule has 0 atom stereocenters. The summed E-state index contributed by atoms with van der Waals surface area (Å²) in [5, 5.41) is 0. The average molecular weight is 201 g/mol. The largest absolute Gasteiger partial charge is 0.0620 e. The molecular formula is C15H21. The van der Waals surface area contributed by atoms with Gasteiger partial charge in [0.1, 0.15) is 0 Å². The van der Waals surface area contributed by atoms with Crippen LogP contribution >= 0.6 is 0 Å². The van der Waals surface area contributed by atoms with Crippen molar-refractivity contribution in [2.45, 2.75) is 45.4 Å². The van der Waals surface area contributed by atoms with E-state index in [1.54, 1.807) is 0 Å². The summed E-state index contributed by atoms with van der Waals surface area (Å²) in [6.45, 7) is 2.20. The zero-order chi connectivity index (χ0) is 10.5. The summed E-state index contributed by atoms with van der Waals surface area (Å²) < 4.78 is 0. The highest BCUT2D eigenvalue weighted by atomic mass is 14.2. The van der Waals surface area contributed by atoms with E-state index in [1.807, 2.05) is 0 Å². The summed E-state index contributed by atoms with van der Waals surface area (Å²) in [5.74, 6) is 0.957. The number of aryl methyl sites for hydroxylation is 1. The highest BCUT2D eigenvalue weighted by molar-refractivity contribution is 5.31. The van der Waals surface area contributed by atoms with Gasteiger partial charge in [0.05, 0.1) is 0 Å². The Hall–Kier alpha value is -0.780. The maximum atomic E-state index is 2.44. The summed E-state index contributed by atoms with van der Waals surface area (Å²) in [6.07, 6.45) is 11.0. The van der Waals surface area contributed by atoms with Crippen molar-refractivity contribution < 1.29 is 0 Å². The fraction of sp³-hybridized carbons (Fsp3) is 0.533. The topological polar surface area (TPSA) is 0 Å². The van der Waals surface area contributed by atoms with Crippen molar-refractivity contribution in [1.82, 2.24) is 0 Å². The Labute approximate surface area is 93.7 Å². The highest BCUT2D eigenvalue weighted by Gasteiger charge is 2.13. The van der Waals surface area contributed by atoms with Crippen LogP contribution in [0.15, 0.2) is 24.3 Å². The predicted molar refractivity (Wildman–Crippen MR) is 65.8 cm³/mol. The molecule has 1 aromatic rings. The molecule has 1 aliphatic rings. The standard InChI is InChI=1S/C15H21/c1-13-7-5-6-10-15(13)12-11-14-8-3-2-4-9-14/h5-7,10,12,14H,2-4,8-9,11H2,1H3. The number of hydrogen-bond acceptors (Lipinski definition) is 0. The summed E-state index contributed by atoms with van der Waals surface area (Å²) in [6, 6.07) is 8.69. The summed E-state index contributed by atoms with van der Waals surface area (Å²) in [5.41, 5.74) is 2.84. The molecule has 0 heteroatoms. The van der Waals surface area contributed by atoms with Crippen molar-refractivity contribution in [2.24, 2.45) is 5.92 Å². The molecule has 0 aromatic heterocycles. The van der Waals surface area contributed by atoms with Gasteiger partial charge in [-0.1, -0.05) is 56.4 Å². The van der Waals surface area contributed by atoms with Gasteiger partial charge in [0.2, 0.25) is 0 Å². The van der Waals surface area contributed by atoms with Crippen LogP contribution in [0.5, 0.6) is 0 Å². The Kier molecular flexibility index (Phi) is 3.82. The first kappa shape index (κ1) is 10.7. The Morgan fingerprint density at radius 3 is 2.60 bits per heavy atom. The molecule has 1 radical (unpaired) electrons. The molecule has 1 fully saturated rings. The van der Waals surface area contributed by atoms with Crippen molar-refractivity contribution in [3.05, 3.63) is 41.8 Å². The van der Waals surface area contributed by atoms with Gasteiger partial charge < -0.3 is 0 Å². The molecule has 1 saturated carbocycles. The van der Waals surface area contributed by atoms with E-state index in [-0.39, 0.29) is 0 Å². The molecule has 2 rings (SSSR count). The minimum absolute atomic E-state index is 0.957. The number of hydrogen-bond donors (Lipinski definition) is 0. The van der Waals surface area contributed by atoms with Crippen LogP contribution in [0.1, 0.15) is 49.7 Å². The Balaban J connectivity index is 1.84. The zero-order valence-electron chi connectivity index (χ0n) is 9.71. The Bertz CT molecular complexity index is 295. The molecule has 0 saturated heterocycles. The van der Waals surface area contributed by atoms with E-state index in [1.165, 1.54) is 49.7 Å². The van der Waals surface area contributed by atoms with Crippen molar-refractivity contribution >= 4 is 0 Å². The quantitative estimate of drug-likeness (QED) is 0.674. The first-order valence-electron chi connectivity index (χ1n) is 6.25. The third-order valence-corrected chi connectivity index (χ3v) is 3.58. The Morgan fingerprint density at radius 2 is 1.87 bits per heavy atom. The predicted octanol–water partition coefficient (Wildman–Crippen LogP) is 4.52. The van der Waals surface area contributed by atoms with Crippen LogP contribution in [0.3, 0.4) is 0 Å². The summed E-state index contributed by atoms with van der Waals surface area (Å²) in [4.78, 5) is 0. The molecule has 0 heterocycles. The van der Waals surface area contributed by atoms with Crippen molar-refractivity contribution in [2.75, 3.05) is 0 Å². The highest BCUT2D eigenvalue weighted by Crippen LogP contribution is 2.28. The molecule has 0 aliphatic heterocycles. The third kappa shape index (κ3) is 3.09. The lowest BCUT2D eigenvalue weighted by atomic mass is 9.85. The van der Waals surface area contributed by atoms with E-state index in [9.17, 15) is 0 Å². The lowest BCUT2D eigenvalue weighted by molar-refractivity contribution is 0.356. The fourth-order valence-corrected chi connectivity index (χ4v) is 2.53. The first-order valence-corrected chi connectivity index (χ1v) is 6.25. The van der Waals surface area contributed by atoms with Gasteiger partial charge in [-0.2, -0.15) is 0 Å². The SMILES string of the molecule is Cc1ccccc1[CH]CC1CCCCC1. The molecule has 0 spiro atoms. The third-order valence-electron chi connectivity index (χ3n) is 3.58. The van der Waals surface area contributed by atoms with Gasteiger partial charge in [0, 0.05) is 0 Å². The number of benzene rings is 1. The smallest absolute Gasteiger partial charge is 0.00876 e. The average Bonchev–Trinajstić information content (AvgIpc) is 2.29. The van der Waals surface area contributed by atoms with Crippen LogP contribution in [-0.4, -0.2) is 0 Å². The van der Waals surface area contributed by atoms with E-state index in [0.717, 1.165) is 5.92 Å². The van der Waals surface area contributed by atoms with Gasteiger partial charge in [0.25, 0.3) is 0 Å². The zero-order valence-corrected chi connectivity index (χ0v) is 9.71. The van der Waals surface area contributed by atoms with E-state index >= 15 is 0 Å². The maximum absolute atomic E-state index is 2.44. The van der Waals surface area contributed by atoms with Crippen molar-refractivity contribution in [3.8, 4) is 0 Å². The molecule has 1 aromatic carbocycles. The second kappa shape index (κ2) is 5.34. The first-order chi connectivity index (χ1) is 7.36. The molecular weight excluding hydrogens is 180 g/mol. The second-order valence-electron chi connectivity index (χ2n) is 4.80. The minimum Gasteiger partial charge on any atom is -0.0620 e. The molecule has 0 amide bonds. The lowest BCUT2D eigenvalue weighted by Gasteiger charge is -2.21. The van der Waals surface area contributed by atoms with Crippen LogP contribution < -0.4 is 0 Å². The molecule has 0 bridgehead atoms. The van der Waals surface area contributed by atoms with Crippen LogP contribution in [0.2, 0.25) is 0 Å². The van der Waals surface area contributed by atoms with E-state index in [4.69, 9.17) is 0 Å². The normalized spacial score (nSPS) is 17.9. The van der Waals surface area contributed by atoms with E-state index in [0.29, 0.717) is 0 Å². The molecule has 0 N–H and O–H groups in total. The van der Waals surface area contributed by atoms with Gasteiger partial charge in [-0.05, 0) is 36.8 Å². The molecule has 0 unspecified atom stereocenters. The van der Waals surface area contributed by atoms with Crippen molar-refractivity contribution in [1.29, 1.82) is 0 Å². The summed E-state index contributed by atoms with van der Waals surface area (Å²) >= 11 is 0. The van der Waals surface area contributed by atoms with Crippen LogP contribution in [0, 0.1) is 19.3 Å². The van der Waals surface area contributed by atoms with Crippen molar-refractivity contribution in [3.63, 3.8) is 0 Å². The van der Waals surface area contributed by atoms with Crippen LogP contribution in [0.25, 0.3) is 0 Å². The van der Waals surface area contributed by atoms with Crippen LogP contribution in [0.4, 0.5) is 0 Å². The maximum Gasteiger partial charge on any atom is -0.00876 e. The Morgan fingerprint density at radius 1 is 1.13 bits per heavy atom. The van der Waals surface area contributed by atoms with Crippen LogP contribution in [-0.2, 0) is 0 Å².